The number of halogens is 2. The van der Waals surface area contributed by atoms with Crippen molar-refractivity contribution in [2.75, 3.05) is 20.3 Å². The Bertz CT molecular complexity index is 1360. The quantitative estimate of drug-likeness (QED) is 0.164. The highest BCUT2D eigenvalue weighted by molar-refractivity contribution is 14.1. The molecule has 11 heteroatoms. The monoisotopic (exact) mass is 648 g/mol. The number of carbonyl (C=O) groups excluding carboxylic acids is 1. The lowest BCUT2D eigenvalue weighted by Crippen LogP contribution is -2.25. The summed E-state index contributed by atoms with van der Waals surface area (Å²) in [6.45, 7) is 4.23. The molecule has 3 aromatic rings. The first-order chi connectivity index (χ1) is 18.4. The van der Waals surface area contributed by atoms with Gasteiger partial charge in [-0.15, -0.1) is 0 Å². The second kappa shape index (κ2) is 14.5. The number of methoxy groups -OCH3 is 1. The van der Waals surface area contributed by atoms with Crippen LogP contribution in [0.25, 0.3) is 0 Å². The number of carbonyl (C=O) groups is 1. The van der Waals surface area contributed by atoms with E-state index in [0.29, 0.717) is 39.9 Å². The third-order valence-corrected chi connectivity index (χ3v) is 6.18. The maximum Gasteiger partial charge on any atom is 0.278 e. The first kappa shape index (κ1) is 29.2. The lowest BCUT2D eigenvalue weighted by molar-refractivity contribution is -0.123. The van der Waals surface area contributed by atoms with Crippen LogP contribution in [0.3, 0.4) is 0 Å². The number of pyridine rings is 1. The molecule has 2 aromatic carbocycles. The van der Waals surface area contributed by atoms with Crippen molar-refractivity contribution in [2.24, 2.45) is 5.10 Å². The van der Waals surface area contributed by atoms with E-state index in [1.807, 2.05) is 37.3 Å². The van der Waals surface area contributed by atoms with Crippen LogP contribution in [-0.2, 0) is 22.7 Å². The number of amides is 1. The van der Waals surface area contributed by atoms with Crippen molar-refractivity contribution in [1.82, 2.24) is 10.4 Å². The standard InChI is InChI=1S/C27H26ClIN4O5/c1-4-36-24-11-18(10-23(29)26(24)37-15-19-7-5-6-8-22(19)28)13-31-33-25(34)16-38-27-21(12-30)20(14-35-3)9-17(2)32-27/h5-11,13H,4,14-16H2,1-3H3,(H,33,34)/b31-13-. The summed E-state index contributed by atoms with van der Waals surface area (Å²) in [5.74, 6) is 0.695. The number of benzene rings is 2. The highest BCUT2D eigenvalue weighted by atomic mass is 127. The Morgan fingerprint density at radius 3 is 2.68 bits per heavy atom. The molecule has 0 radical (unpaired) electrons. The minimum atomic E-state index is -0.513. The van der Waals surface area contributed by atoms with E-state index >= 15 is 0 Å². The molecule has 9 nitrogen and oxygen atoms in total. The van der Waals surface area contributed by atoms with E-state index in [9.17, 15) is 10.1 Å². The molecule has 0 spiro atoms. The Labute approximate surface area is 239 Å². The molecule has 0 aliphatic rings. The minimum Gasteiger partial charge on any atom is -0.490 e. The summed E-state index contributed by atoms with van der Waals surface area (Å²) < 4.78 is 23.2. The van der Waals surface area contributed by atoms with Gasteiger partial charge in [0.1, 0.15) is 18.2 Å². The summed E-state index contributed by atoms with van der Waals surface area (Å²) in [6.07, 6.45) is 1.49. The topological polar surface area (TPSA) is 115 Å². The fourth-order valence-electron chi connectivity index (χ4n) is 3.38. The number of aryl methyl sites for hydroxylation is 1. The first-order valence-corrected chi connectivity index (χ1v) is 13.0. The zero-order valence-electron chi connectivity index (χ0n) is 21.1. The van der Waals surface area contributed by atoms with Gasteiger partial charge in [0.05, 0.1) is 23.0 Å². The number of nitriles is 1. The van der Waals surface area contributed by atoms with Crippen molar-refractivity contribution in [1.29, 1.82) is 5.26 Å². The Balaban J connectivity index is 1.65. The normalized spacial score (nSPS) is 10.7. The van der Waals surface area contributed by atoms with E-state index < -0.39 is 5.91 Å². The molecule has 1 N–H and O–H groups in total. The molecule has 0 fully saturated rings. The second-order valence-electron chi connectivity index (χ2n) is 7.87. The summed E-state index contributed by atoms with van der Waals surface area (Å²) in [5, 5.41) is 14.1. The zero-order valence-corrected chi connectivity index (χ0v) is 24.0. The number of nitrogens with zero attached hydrogens (tertiary/aromatic N) is 3. The Morgan fingerprint density at radius 2 is 1.97 bits per heavy atom. The van der Waals surface area contributed by atoms with Gasteiger partial charge < -0.3 is 18.9 Å². The molecule has 0 atom stereocenters. The average Bonchev–Trinajstić information content (AvgIpc) is 2.88. The molecule has 198 valence electrons. The highest BCUT2D eigenvalue weighted by Gasteiger charge is 2.15. The van der Waals surface area contributed by atoms with Crippen molar-refractivity contribution >= 4 is 46.3 Å². The molecule has 0 bridgehead atoms. The maximum atomic E-state index is 12.3. The van der Waals surface area contributed by atoms with Crippen molar-refractivity contribution < 1.29 is 23.7 Å². The van der Waals surface area contributed by atoms with Crippen molar-refractivity contribution in [3.05, 3.63) is 79.0 Å². The minimum absolute atomic E-state index is 0.0713. The number of hydrazone groups is 1. The molecule has 38 heavy (non-hydrogen) atoms. The van der Waals surface area contributed by atoms with Gasteiger partial charge in [-0.25, -0.2) is 10.4 Å². The summed E-state index contributed by atoms with van der Waals surface area (Å²) in [5.41, 5.74) is 5.47. The molecule has 0 unspecified atom stereocenters. The summed E-state index contributed by atoms with van der Waals surface area (Å²) in [4.78, 5) is 16.5. The van der Waals surface area contributed by atoms with Gasteiger partial charge in [-0.2, -0.15) is 10.4 Å². The van der Waals surface area contributed by atoms with E-state index in [-0.39, 0.29) is 31.3 Å². The van der Waals surface area contributed by atoms with Gasteiger partial charge in [0.15, 0.2) is 18.1 Å². The predicted octanol–water partition coefficient (Wildman–Crippen LogP) is 5.17. The summed E-state index contributed by atoms with van der Waals surface area (Å²) >= 11 is 8.40. The van der Waals surface area contributed by atoms with Crippen molar-refractivity contribution in [2.45, 2.75) is 27.1 Å². The Morgan fingerprint density at radius 1 is 1.18 bits per heavy atom. The molecule has 0 aliphatic heterocycles. The number of hydrogen-bond acceptors (Lipinski definition) is 8. The van der Waals surface area contributed by atoms with Crippen molar-refractivity contribution in [3.63, 3.8) is 0 Å². The van der Waals surface area contributed by atoms with Crippen LogP contribution < -0.4 is 19.6 Å². The third-order valence-electron chi connectivity index (χ3n) is 5.01. The van der Waals surface area contributed by atoms with Crippen LogP contribution in [0.15, 0.2) is 47.6 Å². The van der Waals surface area contributed by atoms with Crippen LogP contribution in [0.2, 0.25) is 5.02 Å². The van der Waals surface area contributed by atoms with Gasteiger partial charge in [-0.05, 0) is 66.3 Å². The highest BCUT2D eigenvalue weighted by Crippen LogP contribution is 2.35. The largest absolute Gasteiger partial charge is 0.490 e. The molecule has 0 aliphatic carbocycles. The van der Waals surface area contributed by atoms with E-state index in [2.05, 4.69) is 44.2 Å². The number of ether oxygens (including phenoxy) is 4. The zero-order chi connectivity index (χ0) is 27.5. The van der Waals surface area contributed by atoms with E-state index in [0.717, 1.165) is 9.13 Å². The van der Waals surface area contributed by atoms with E-state index in [1.165, 1.54) is 13.3 Å². The fourth-order valence-corrected chi connectivity index (χ4v) is 4.35. The van der Waals surface area contributed by atoms with Gasteiger partial charge in [0.25, 0.3) is 5.91 Å². The van der Waals surface area contributed by atoms with Crippen LogP contribution in [0.5, 0.6) is 17.4 Å². The van der Waals surface area contributed by atoms with E-state index in [4.69, 9.17) is 30.5 Å². The molecule has 1 heterocycles. The van der Waals surface area contributed by atoms with Gasteiger partial charge in [0.2, 0.25) is 5.88 Å². The summed E-state index contributed by atoms with van der Waals surface area (Å²) in [6, 6.07) is 14.9. The lowest BCUT2D eigenvalue weighted by atomic mass is 10.1. The van der Waals surface area contributed by atoms with E-state index in [1.54, 1.807) is 19.1 Å². The number of rotatable bonds is 12. The number of aromatic nitrogens is 1. The predicted molar refractivity (Wildman–Crippen MR) is 152 cm³/mol. The molecule has 1 amide bonds. The number of hydrogen-bond donors (Lipinski definition) is 1. The van der Waals surface area contributed by atoms with Crippen LogP contribution in [0.1, 0.15) is 34.9 Å². The Kier molecular flexibility index (Phi) is 11.1. The van der Waals surface area contributed by atoms with Crippen LogP contribution in [-0.4, -0.2) is 37.4 Å². The van der Waals surface area contributed by atoms with Crippen molar-refractivity contribution in [3.8, 4) is 23.4 Å². The van der Waals surface area contributed by atoms with Gasteiger partial charge >= 0.3 is 0 Å². The molecule has 0 saturated carbocycles. The molecule has 3 rings (SSSR count). The molecular formula is C27H26ClIN4O5. The third kappa shape index (κ3) is 8.05. The molecule has 0 saturated heterocycles. The number of nitrogens with one attached hydrogen (secondary N) is 1. The fraction of sp³-hybridized carbons (Fsp3) is 0.259. The molecule has 1 aromatic heterocycles. The van der Waals surface area contributed by atoms with Crippen LogP contribution >= 0.6 is 34.2 Å². The average molecular weight is 649 g/mol. The first-order valence-electron chi connectivity index (χ1n) is 11.5. The Hall–Kier alpha value is -3.40. The SMILES string of the molecule is CCOc1cc(/C=N\NC(=O)COc2nc(C)cc(COC)c2C#N)cc(I)c1OCc1ccccc1Cl. The molecular weight excluding hydrogens is 623 g/mol. The van der Waals surface area contributed by atoms with Gasteiger partial charge in [-0.3, -0.25) is 4.79 Å². The van der Waals surface area contributed by atoms with Crippen LogP contribution in [0, 0.1) is 21.8 Å². The van der Waals surface area contributed by atoms with Crippen LogP contribution in [0.4, 0.5) is 0 Å². The maximum absolute atomic E-state index is 12.3. The smallest absolute Gasteiger partial charge is 0.278 e. The summed E-state index contributed by atoms with van der Waals surface area (Å²) in [7, 11) is 1.53. The van der Waals surface area contributed by atoms with Gasteiger partial charge in [-0.1, -0.05) is 29.8 Å². The lowest BCUT2D eigenvalue weighted by Gasteiger charge is -2.15. The second-order valence-corrected chi connectivity index (χ2v) is 9.44. The van der Waals surface area contributed by atoms with Gasteiger partial charge in [0, 0.05) is 29.0 Å².